The molecule has 0 unspecified atom stereocenters. The average molecular weight is 463 g/mol. The lowest BCUT2D eigenvalue weighted by Crippen LogP contribution is -2.48. The molecule has 1 amide bonds. The summed E-state index contributed by atoms with van der Waals surface area (Å²) in [5, 5.41) is 3.03. The minimum Gasteiger partial charge on any atom is -0.493 e. The molecule has 0 aliphatic carbocycles. The molecule has 3 rings (SSSR count). The van der Waals surface area contributed by atoms with E-state index in [1.54, 1.807) is 0 Å². The molecule has 0 spiro atoms. The van der Waals surface area contributed by atoms with Crippen molar-refractivity contribution < 1.29 is 22.7 Å². The summed E-state index contributed by atoms with van der Waals surface area (Å²) in [4.78, 5) is 15.1. The Bertz CT molecular complexity index is 887. The number of benzene rings is 2. The molecule has 1 heterocycles. The van der Waals surface area contributed by atoms with Crippen molar-refractivity contribution in [3.8, 4) is 5.75 Å². The van der Waals surface area contributed by atoms with Gasteiger partial charge in [-0.15, -0.1) is 0 Å². The second kappa shape index (κ2) is 11.5. The van der Waals surface area contributed by atoms with Crippen molar-refractivity contribution in [3.05, 3.63) is 65.7 Å². The molecule has 0 saturated carbocycles. The van der Waals surface area contributed by atoms with Gasteiger partial charge in [-0.3, -0.25) is 4.79 Å². The number of alkyl halides is 3. The fourth-order valence-corrected chi connectivity index (χ4v) is 4.15. The van der Waals surface area contributed by atoms with E-state index in [0.717, 1.165) is 31.6 Å². The van der Waals surface area contributed by atoms with Crippen molar-refractivity contribution in [3.63, 3.8) is 0 Å². The molecule has 1 fully saturated rings. The van der Waals surface area contributed by atoms with E-state index in [1.165, 1.54) is 17.7 Å². The van der Waals surface area contributed by atoms with E-state index >= 15 is 0 Å². The van der Waals surface area contributed by atoms with Crippen molar-refractivity contribution in [1.29, 1.82) is 0 Å². The van der Waals surface area contributed by atoms with Crippen LogP contribution in [0.3, 0.4) is 0 Å². The Morgan fingerprint density at radius 3 is 2.58 bits per heavy atom. The Hall–Kier alpha value is -2.54. The highest BCUT2D eigenvalue weighted by Crippen LogP contribution is 2.32. The lowest BCUT2D eigenvalue weighted by molar-refractivity contribution is -0.137. The third-order valence-electron chi connectivity index (χ3n) is 5.87. The molecule has 2 aromatic carbocycles. The van der Waals surface area contributed by atoms with Crippen LogP contribution in [-0.2, 0) is 17.4 Å². The van der Waals surface area contributed by atoms with Gasteiger partial charge >= 0.3 is 6.18 Å². The predicted molar refractivity (Wildman–Crippen MR) is 123 cm³/mol. The summed E-state index contributed by atoms with van der Waals surface area (Å²) in [7, 11) is 0. The highest BCUT2D eigenvalue weighted by molar-refractivity contribution is 5.79. The monoisotopic (exact) mass is 462 g/mol. The Kier molecular flexibility index (Phi) is 8.78. The van der Waals surface area contributed by atoms with Crippen molar-refractivity contribution in [1.82, 2.24) is 10.2 Å². The van der Waals surface area contributed by atoms with E-state index in [9.17, 15) is 18.0 Å². The molecule has 1 N–H and O–H groups in total. The number of likely N-dealkylation sites (tertiary alicyclic amines) is 1. The molecule has 1 aliphatic heterocycles. The van der Waals surface area contributed by atoms with Gasteiger partial charge in [-0.2, -0.15) is 13.2 Å². The Balaban J connectivity index is 1.63. The highest BCUT2D eigenvalue weighted by Gasteiger charge is 2.33. The van der Waals surface area contributed by atoms with Gasteiger partial charge in [-0.1, -0.05) is 50.2 Å². The molecule has 0 radical (unpaired) electrons. The first-order valence-electron chi connectivity index (χ1n) is 11.5. The van der Waals surface area contributed by atoms with Crippen LogP contribution in [0, 0.1) is 17.8 Å². The Morgan fingerprint density at radius 1 is 1.12 bits per heavy atom. The van der Waals surface area contributed by atoms with Crippen LogP contribution in [0.4, 0.5) is 13.2 Å². The molecule has 0 aromatic heterocycles. The van der Waals surface area contributed by atoms with Crippen molar-refractivity contribution in [2.45, 2.75) is 32.9 Å². The van der Waals surface area contributed by atoms with Crippen molar-refractivity contribution in [2.75, 3.05) is 32.8 Å². The molecule has 180 valence electrons. The number of carbonyl (C=O) groups excluding carboxylic acids is 1. The maximum Gasteiger partial charge on any atom is 0.416 e. The Labute approximate surface area is 194 Å². The summed E-state index contributed by atoms with van der Waals surface area (Å²) in [5.41, 5.74) is 0.514. The van der Waals surface area contributed by atoms with E-state index in [0.29, 0.717) is 25.4 Å². The summed E-state index contributed by atoms with van der Waals surface area (Å²) in [6.45, 7) is 7.26. The number of hydrogen-bond donors (Lipinski definition) is 1. The molecule has 1 saturated heterocycles. The molecular formula is C26H33F3N2O2. The lowest BCUT2D eigenvalue weighted by atomic mass is 9.88. The summed E-state index contributed by atoms with van der Waals surface area (Å²) >= 11 is 0. The van der Waals surface area contributed by atoms with Crippen molar-refractivity contribution in [2.24, 2.45) is 17.8 Å². The first-order valence-corrected chi connectivity index (χ1v) is 11.5. The summed E-state index contributed by atoms with van der Waals surface area (Å²) in [6, 6.07) is 15.2. The molecule has 1 aliphatic rings. The van der Waals surface area contributed by atoms with Gasteiger partial charge in [0.2, 0.25) is 5.91 Å². The third-order valence-corrected chi connectivity index (χ3v) is 5.87. The van der Waals surface area contributed by atoms with Crippen LogP contribution in [0.1, 0.15) is 31.4 Å². The summed E-state index contributed by atoms with van der Waals surface area (Å²) in [6.07, 6.45) is -2.87. The van der Waals surface area contributed by atoms with Crippen LogP contribution in [-0.4, -0.2) is 43.6 Å². The van der Waals surface area contributed by atoms with E-state index in [4.69, 9.17) is 4.74 Å². The third kappa shape index (κ3) is 8.07. The average Bonchev–Trinajstić information content (AvgIpc) is 2.80. The zero-order valence-electron chi connectivity index (χ0n) is 19.3. The zero-order chi connectivity index (χ0) is 23.8. The first kappa shape index (κ1) is 25.1. The van der Waals surface area contributed by atoms with Crippen LogP contribution in [0.15, 0.2) is 54.6 Å². The molecule has 0 bridgehead atoms. The largest absolute Gasteiger partial charge is 0.493 e. The van der Waals surface area contributed by atoms with Gasteiger partial charge in [-0.05, 0) is 42.5 Å². The molecule has 7 heteroatoms. The number of piperidine rings is 1. The topological polar surface area (TPSA) is 41.6 Å². The summed E-state index contributed by atoms with van der Waals surface area (Å²) < 4.78 is 44.8. The fourth-order valence-electron chi connectivity index (χ4n) is 4.15. The first-order chi connectivity index (χ1) is 15.7. The number of nitrogens with one attached hydrogen (secondary N) is 1. The molecule has 2 atom stereocenters. The quantitative estimate of drug-likeness (QED) is 0.568. The molecule has 4 nitrogen and oxygen atoms in total. The van der Waals surface area contributed by atoms with Gasteiger partial charge in [-0.25, -0.2) is 0 Å². The van der Waals surface area contributed by atoms with Gasteiger partial charge in [0.25, 0.3) is 0 Å². The molecule has 2 aromatic rings. The lowest BCUT2D eigenvalue weighted by Gasteiger charge is -2.37. The van der Waals surface area contributed by atoms with Crippen LogP contribution < -0.4 is 10.1 Å². The van der Waals surface area contributed by atoms with Crippen LogP contribution in [0.5, 0.6) is 5.75 Å². The smallest absolute Gasteiger partial charge is 0.416 e. The maximum absolute atomic E-state index is 13.0. The second-order valence-corrected chi connectivity index (χ2v) is 9.27. The van der Waals surface area contributed by atoms with Gasteiger partial charge < -0.3 is 15.0 Å². The van der Waals surface area contributed by atoms with Gasteiger partial charge in [0.15, 0.2) is 0 Å². The molecular weight excluding hydrogens is 429 g/mol. The fraction of sp³-hybridized carbons (Fsp3) is 0.500. The van der Waals surface area contributed by atoms with Crippen LogP contribution >= 0.6 is 0 Å². The SMILES string of the molecule is CC(C)CNC(=O)[C@@H]1C[C@H](COc2cccc(C(F)(F)F)c2)CN(CCc2ccccc2)C1. The number of ether oxygens (including phenoxy) is 1. The Morgan fingerprint density at radius 2 is 1.88 bits per heavy atom. The highest BCUT2D eigenvalue weighted by atomic mass is 19.4. The zero-order valence-corrected chi connectivity index (χ0v) is 19.3. The number of halogens is 3. The molecule has 33 heavy (non-hydrogen) atoms. The number of hydrogen-bond acceptors (Lipinski definition) is 3. The van der Waals surface area contributed by atoms with E-state index in [2.05, 4.69) is 36.2 Å². The predicted octanol–water partition coefficient (Wildman–Crippen LogP) is 5.04. The number of rotatable bonds is 9. The standard InChI is InChI=1S/C26H33F3N2O2/c1-19(2)15-30-25(32)22-13-21(16-31(17-22)12-11-20-7-4-3-5-8-20)18-33-24-10-6-9-23(14-24)26(27,28)29/h3-10,14,19,21-22H,11-13,15-18H2,1-2H3,(H,30,32)/t21-,22+/m0/s1. The maximum atomic E-state index is 13.0. The number of nitrogens with zero attached hydrogens (tertiary/aromatic N) is 1. The van der Waals surface area contributed by atoms with E-state index < -0.39 is 11.7 Å². The normalized spacial score (nSPS) is 19.5. The number of carbonyl (C=O) groups is 1. The second-order valence-electron chi connectivity index (χ2n) is 9.27. The van der Waals surface area contributed by atoms with Crippen LogP contribution in [0.25, 0.3) is 0 Å². The van der Waals surface area contributed by atoms with E-state index in [1.807, 2.05) is 18.2 Å². The minimum atomic E-state index is -4.40. The van der Waals surface area contributed by atoms with E-state index in [-0.39, 0.29) is 30.1 Å². The van der Waals surface area contributed by atoms with Gasteiger partial charge in [0.1, 0.15) is 5.75 Å². The summed E-state index contributed by atoms with van der Waals surface area (Å²) in [5.74, 6) is 0.498. The number of amides is 1. The van der Waals surface area contributed by atoms with Gasteiger partial charge in [0.05, 0.1) is 18.1 Å². The van der Waals surface area contributed by atoms with Crippen molar-refractivity contribution >= 4 is 5.91 Å². The van der Waals surface area contributed by atoms with Gasteiger partial charge in [0, 0.05) is 32.1 Å². The van der Waals surface area contributed by atoms with Crippen LogP contribution in [0.2, 0.25) is 0 Å². The minimum absolute atomic E-state index is 0.0391.